The summed E-state index contributed by atoms with van der Waals surface area (Å²) in [5, 5.41) is 12.9. The first-order valence-electron chi connectivity index (χ1n) is 6.66. The molecular weight excluding hydrogens is 309 g/mol. The highest BCUT2D eigenvalue weighted by Crippen LogP contribution is 2.31. The van der Waals surface area contributed by atoms with Crippen LogP contribution in [0.4, 0.5) is 4.39 Å². The van der Waals surface area contributed by atoms with Crippen LogP contribution in [0.2, 0.25) is 0 Å². The summed E-state index contributed by atoms with van der Waals surface area (Å²) < 4.78 is 14.2. The predicted molar refractivity (Wildman–Crippen MR) is 87.9 cm³/mol. The standard InChI is InChI=1S/C15H18FNO2S2/c1-9-12-7-10(16)3-4-13(12)21-14(9)15(19)17-11(8-18)5-6-20-2/h3-4,7,11,18H,5-6,8H2,1-2H3,(H,17,19). The molecule has 1 aromatic heterocycles. The molecule has 1 aromatic carbocycles. The van der Waals surface area contributed by atoms with Crippen molar-refractivity contribution in [1.82, 2.24) is 5.32 Å². The zero-order chi connectivity index (χ0) is 15.4. The van der Waals surface area contributed by atoms with Crippen molar-refractivity contribution < 1.29 is 14.3 Å². The number of aliphatic hydroxyl groups is 1. The van der Waals surface area contributed by atoms with Gasteiger partial charge in [-0.2, -0.15) is 11.8 Å². The number of halogens is 1. The molecule has 0 aliphatic carbocycles. The van der Waals surface area contributed by atoms with Crippen LogP contribution in [0.25, 0.3) is 10.1 Å². The van der Waals surface area contributed by atoms with Gasteiger partial charge in [0.25, 0.3) is 5.91 Å². The van der Waals surface area contributed by atoms with Crippen LogP contribution in [0.5, 0.6) is 0 Å². The van der Waals surface area contributed by atoms with E-state index in [-0.39, 0.29) is 24.4 Å². The summed E-state index contributed by atoms with van der Waals surface area (Å²) in [5.41, 5.74) is 0.786. The number of aryl methyl sites for hydroxylation is 1. The van der Waals surface area contributed by atoms with E-state index in [0.717, 1.165) is 27.8 Å². The lowest BCUT2D eigenvalue weighted by molar-refractivity contribution is 0.0919. The number of thioether (sulfide) groups is 1. The Kier molecular flexibility index (Phi) is 5.61. The Morgan fingerprint density at radius 3 is 2.95 bits per heavy atom. The second-order valence-electron chi connectivity index (χ2n) is 4.83. The molecule has 3 nitrogen and oxygen atoms in total. The highest BCUT2D eigenvalue weighted by molar-refractivity contribution is 7.98. The molecular formula is C15H18FNO2S2. The van der Waals surface area contributed by atoms with E-state index in [2.05, 4.69) is 5.32 Å². The minimum Gasteiger partial charge on any atom is -0.394 e. The van der Waals surface area contributed by atoms with Gasteiger partial charge in [0.15, 0.2) is 0 Å². The third kappa shape index (κ3) is 3.75. The molecule has 2 N–H and O–H groups in total. The molecule has 1 amide bonds. The molecule has 0 fully saturated rings. The monoisotopic (exact) mass is 327 g/mol. The number of hydrogen-bond donors (Lipinski definition) is 2. The molecule has 0 spiro atoms. The Bertz CT molecular complexity index is 642. The molecule has 0 bridgehead atoms. The van der Waals surface area contributed by atoms with Crippen LogP contribution in [0.3, 0.4) is 0 Å². The second kappa shape index (κ2) is 7.24. The first-order valence-corrected chi connectivity index (χ1v) is 8.87. The van der Waals surface area contributed by atoms with E-state index >= 15 is 0 Å². The molecule has 114 valence electrons. The van der Waals surface area contributed by atoms with Crippen LogP contribution in [0, 0.1) is 12.7 Å². The fourth-order valence-electron chi connectivity index (χ4n) is 2.13. The largest absolute Gasteiger partial charge is 0.394 e. The van der Waals surface area contributed by atoms with Crippen molar-refractivity contribution in [3.05, 3.63) is 34.5 Å². The number of rotatable bonds is 6. The molecule has 1 unspecified atom stereocenters. The van der Waals surface area contributed by atoms with E-state index in [9.17, 15) is 14.3 Å². The SMILES string of the molecule is CSCCC(CO)NC(=O)c1sc2ccc(F)cc2c1C. The number of amides is 1. The van der Waals surface area contributed by atoms with Gasteiger partial charge in [-0.1, -0.05) is 0 Å². The number of carbonyl (C=O) groups is 1. The van der Waals surface area contributed by atoms with Gasteiger partial charge in [-0.15, -0.1) is 11.3 Å². The maximum absolute atomic E-state index is 13.3. The van der Waals surface area contributed by atoms with Gasteiger partial charge in [0.2, 0.25) is 0 Å². The van der Waals surface area contributed by atoms with Crippen LogP contribution in [0.15, 0.2) is 18.2 Å². The van der Waals surface area contributed by atoms with Crippen molar-refractivity contribution in [2.75, 3.05) is 18.6 Å². The number of nitrogens with one attached hydrogen (secondary N) is 1. The first kappa shape index (κ1) is 16.3. The number of aliphatic hydroxyl groups excluding tert-OH is 1. The van der Waals surface area contributed by atoms with E-state index < -0.39 is 0 Å². The molecule has 6 heteroatoms. The minimum atomic E-state index is -0.302. The van der Waals surface area contributed by atoms with Gasteiger partial charge in [-0.25, -0.2) is 4.39 Å². The third-order valence-electron chi connectivity index (χ3n) is 3.33. The fraction of sp³-hybridized carbons (Fsp3) is 0.400. The van der Waals surface area contributed by atoms with Gasteiger partial charge < -0.3 is 10.4 Å². The van der Waals surface area contributed by atoms with Crippen molar-refractivity contribution in [1.29, 1.82) is 0 Å². The molecule has 0 aliphatic heterocycles. The van der Waals surface area contributed by atoms with Gasteiger partial charge in [0.05, 0.1) is 17.5 Å². The van der Waals surface area contributed by atoms with Gasteiger partial charge in [0, 0.05) is 4.70 Å². The van der Waals surface area contributed by atoms with Gasteiger partial charge in [-0.3, -0.25) is 4.79 Å². The summed E-state index contributed by atoms with van der Waals surface area (Å²) in [6.45, 7) is 1.74. The van der Waals surface area contributed by atoms with Gasteiger partial charge in [-0.05, 0) is 54.5 Å². The average molecular weight is 327 g/mol. The molecule has 0 saturated carbocycles. The van der Waals surface area contributed by atoms with Crippen molar-refractivity contribution >= 4 is 39.1 Å². The molecule has 21 heavy (non-hydrogen) atoms. The summed E-state index contributed by atoms with van der Waals surface area (Å²) in [5.74, 6) is 0.375. The summed E-state index contributed by atoms with van der Waals surface area (Å²) in [6.07, 6.45) is 2.71. The summed E-state index contributed by atoms with van der Waals surface area (Å²) in [6, 6.07) is 4.30. The Morgan fingerprint density at radius 1 is 1.52 bits per heavy atom. The highest BCUT2D eigenvalue weighted by Gasteiger charge is 2.18. The Hall–Kier alpha value is -1.11. The number of thiophene rings is 1. The Morgan fingerprint density at radius 2 is 2.29 bits per heavy atom. The number of carbonyl (C=O) groups excluding carboxylic acids is 1. The number of benzene rings is 1. The number of hydrogen-bond acceptors (Lipinski definition) is 4. The van der Waals surface area contributed by atoms with Gasteiger partial charge in [0.1, 0.15) is 5.82 Å². The van der Waals surface area contributed by atoms with Crippen LogP contribution >= 0.6 is 23.1 Å². The second-order valence-corrected chi connectivity index (χ2v) is 6.87. The van der Waals surface area contributed by atoms with E-state index in [1.807, 2.05) is 13.2 Å². The van der Waals surface area contributed by atoms with E-state index in [1.165, 1.54) is 23.5 Å². The average Bonchev–Trinajstić information content (AvgIpc) is 2.80. The molecule has 2 aromatic rings. The lowest BCUT2D eigenvalue weighted by atomic mass is 10.1. The summed E-state index contributed by atoms with van der Waals surface area (Å²) in [7, 11) is 0. The minimum absolute atomic E-state index is 0.0785. The van der Waals surface area contributed by atoms with Crippen molar-refractivity contribution in [2.24, 2.45) is 0 Å². The first-order chi connectivity index (χ1) is 10.1. The Labute approximate surface area is 131 Å². The normalized spacial score (nSPS) is 12.6. The summed E-state index contributed by atoms with van der Waals surface area (Å²) >= 11 is 3.03. The highest BCUT2D eigenvalue weighted by atomic mass is 32.2. The van der Waals surface area contributed by atoms with Crippen molar-refractivity contribution in [3.63, 3.8) is 0 Å². The van der Waals surface area contributed by atoms with Crippen molar-refractivity contribution in [3.8, 4) is 0 Å². The zero-order valence-electron chi connectivity index (χ0n) is 12.0. The third-order valence-corrected chi connectivity index (χ3v) is 5.25. The summed E-state index contributed by atoms with van der Waals surface area (Å²) in [4.78, 5) is 12.9. The van der Waals surface area contributed by atoms with Gasteiger partial charge >= 0.3 is 0 Å². The van der Waals surface area contributed by atoms with E-state index in [1.54, 1.807) is 17.8 Å². The van der Waals surface area contributed by atoms with Crippen molar-refractivity contribution in [2.45, 2.75) is 19.4 Å². The molecule has 1 atom stereocenters. The lowest BCUT2D eigenvalue weighted by Gasteiger charge is -2.15. The Balaban J connectivity index is 2.21. The molecule has 0 saturated heterocycles. The fourth-order valence-corrected chi connectivity index (χ4v) is 3.74. The lowest BCUT2D eigenvalue weighted by Crippen LogP contribution is -2.37. The molecule has 0 aliphatic rings. The van der Waals surface area contributed by atoms with Crippen LogP contribution < -0.4 is 5.32 Å². The van der Waals surface area contributed by atoms with E-state index in [4.69, 9.17) is 0 Å². The van der Waals surface area contributed by atoms with Crippen LogP contribution in [0.1, 0.15) is 21.7 Å². The predicted octanol–water partition coefficient (Wildman–Crippen LogP) is 3.19. The zero-order valence-corrected chi connectivity index (χ0v) is 13.6. The van der Waals surface area contributed by atoms with E-state index in [0.29, 0.717) is 4.88 Å². The molecule has 0 radical (unpaired) electrons. The molecule has 2 rings (SSSR count). The van der Waals surface area contributed by atoms with Crippen LogP contribution in [-0.4, -0.2) is 35.7 Å². The number of fused-ring (bicyclic) bond motifs is 1. The van der Waals surface area contributed by atoms with Crippen LogP contribution in [-0.2, 0) is 0 Å². The smallest absolute Gasteiger partial charge is 0.261 e. The maximum atomic E-state index is 13.3. The molecule has 1 heterocycles. The topological polar surface area (TPSA) is 49.3 Å². The maximum Gasteiger partial charge on any atom is 0.261 e. The quantitative estimate of drug-likeness (QED) is 0.857.